The van der Waals surface area contributed by atoms with Gasteiger partial charge in [-0.05, 0) is 12.8 Å². The molecule has 4 heterocycles. The molecule has 1 saturated carbocycles. The van der Waals surface area contributed by atoms with E-state index in [1.807, 2.05) is 11.4 Å². The number of rotatable bonds is 4. The van der Waals surface area contributed by atoms with Crippen molar-refractivity contribution in [2.75, 3.05) is 31.2 Å². The fraction of sp³-hybridized carbons (Fsp3) is 0.467. The van der Waals surface area contributed by atoms with Gasteiger partial charge < -0.3 is 18.6 Å². The predicted octanol–water partition coefficient (Wildman–Crippen LogP) is 2.56. The smallest absolute Gasteiger partial charge is 0.270 e. The summed E-state index contributed by atoms with van der Waals surface area (Å²) in [4.78, 5) is 6.81. The van der Waals surface area contributed by atoms with Crippen LogP contribution in [0.1, 0.15) is 24.5 Å². The Morgan fingerprint density at radius 3 is 2.67 bits per heavy atom. The minimum atomic E-state index is 0.363. The molecule has 0 N–H and O–H groups in total. The minimum absolute atomic E-state index is 0.363. The molecule has 2 fully saturated rings. The number of aromatic nitrogens is 4. The summed E-state index contributed by atoms with van der Waals surface area (Å²) in [6, 6.07) is 1.88. The lowest BCUT2D eigenvalue weighted by Crippen LogP contribution is -2.36. The Morgan fingerprint density at radius 2 is 1.88 bits per heavy atom. The fourth-order valence-corrected chi connectivity index (χ4v) is 3.50. The molecule has 124 valence electrons. The topological polar surface area (TPSA) is 90.3 Å². The van der Waals surface area contributed by atoms with Crippen LogP contribution in [0, 0.1) is 0 Å². The number of thiazole rings is 1. The predicted molar refractivity (Wildman–Crippen MR) is 85.9 cm³/mol. The molecule has 1 saturated heterocycles. The highest BCUT2D eigenvalue weighted by Crippen LogP contribution is 2.41. The normalized spacial score (nSPS) is 18.2. The highest BCUT2D eigenvalue weighted by atomic mass is 32.1. The molecule has 5 rings (SSSR count). The van der Waals surface area contributed by atoms with Crippen LogP contribution in [0.3, 0.4) is 0 Å². The molecule has 9 heteroatoms. The zero-order valence-electron chi connectivity index (χ0n) is 12.8. The first kappa shape index (κ1) is 14.1. The highest BCUT2D eigenvalue weighted by molar-refractivity contribution is 7.14. The second-order valence-corrected chi connectivity index (χ2v) is 6.75. The molecule has 2 aliphatic rings. The second-order valence-electron chi connectivity index (χ2n) is 5.92. The van der Waals surface area contributed by atoms with Crippen LogP contribution in [0.15, 0.2) is 20.4 Å². The number of hydrogen-bond acceptors (Lipinski definition) is 9. The van der Waals surface area contributed by atoms with Gasteiger partial charge in [0, 0.05) is 30.5 Å². The van der Waals surface area contributed by atoms with E-state index in [-0.39, 0.29) is 0 Å². The summed E-state index contributed by atoms with van der Waals surface area (Å²) in [5.74, 6) is 2.16. The molecule has 8 nitrogen and oxygen atoms in total. The van der Waals surface area contributed by atoms with Crippen molar-refractivity contribution in [1.29, 1.82) is 0 Å². The summed E-state index contributed by atoms with van der Waals surface area (Å²) in [6.45, 7) is 3.17. The minimum Gasteiger partial charge on any atom is -0.413 e. The molecule has 0 spiro atoms. The van der Waals surface area contributed by atoms with Gasteiger partial charge in [0.2, 0.25) is 0 Å². The highest BCUT2D eigenvalue weighted by Gasteiger charge is 2.29. The maximum absolute atomic E-state index is 5.73. The molecule has 24 heavy (non-hydrogen) atoms. The van der Waals surface area contributed by atoms with E-state index in [0.717, 1.165) is 50.0 Å². The van der Waals surface area contributed by atoms with Crippen molar-refractivity contribution in [2.45, 2.75) is 18.8 Å². The Bertz CT molecular complexity index is 847. The van der Waals surface area contributed by atoms with Gasteiger partial charge in [-0.3, -0.25) is 0 Å². The van der Waals surface area contributed by atoms with Crippen molar-refractivity contribution in [3.05, 3.63) is 17.2 Å². The molecule has 0 radical (unpaired) electrons. The van der Waals surface area contributed by atoms with E-state index in [2.05, 4.69) is 25.2 Å². The zero-order valence-corrected chi connectivity index (χ0v) is 13.7. The van der Waals surface area contributed by atoms with Crippen molar-refractivity contribution in [3.63, 3.8) is 0 Å². The van der Waals surface area contributed by atoms with E-state index in [0.29, 0.717) is 29.1 Å². The maximum atomic E-state index is 5.73. The van der Waals surface area contributed by atoms with Gasteiger partial charge in [-0.2, -0.15) is 0 Å². The van der Waals surface area contributed by atoms with E-state index in [1.165, 1.54) is 0 Å². The third-order valence-corrected chi connectivity index (χ3v) is 5.05. The SMILES string of the molecule is c1sc(N2CCOCC2)nc1-c1nnc(-c2cc(C3CC3)on2)o1. The van der Waals surface area contributed by atoms with Crippen molar-refractivity contribution in [2.24, 2.45) is 0 Å². The Kier molecular flexibility index (Phi) is 3.34. The van der Waals surface area contributed by atoms with Crippen molar-refractivity contribution < 1.29 is 13.7 Å². The average molecular weight is 345 g/mol. The largest absolute Gasteiger partial charge is 0.413 e. The first-order chi connectivity index (χ1) is 11.9. The summed E-state index contributed by atoms with van der Waals surface area (Å²) in [7, 11) is 0. The third-order valence-electron chi connectivity index (χ3n) is 4.14. The van der Waals surface area contributed by atoms with Crippen LogP contribution < -0.4 is 4.90 Å². The van der Waals surface area contributed by atoms with E-state index in [4.69, 9.17) is 13.7 Å². The number of morpholine rings is 1. The number of nitrogens with zero attached hydrogens (tertiary/aromatic N) is 5. The van der Waals surface area contributed by atoms with Gasteiger partial charge in [0.05, 0.1) is 13.2 Å². The molecule has 3 aromatic heterocycles. The number of hydrogen-bond donors (Lipinski definition) is 0. The molecular formula is C15H15N5O3S. The van der Waals surface area contributed by atoms with Crippen LogP contribution in [-0.4, -0.2) is 46.6 Å². The van der Waals surface area contributed by atoms with Crippen LogP contribution in [0.25, 0.3) is 23.2 Å². The molecule has 3 aromatic rings. The summed E-state index contributed by atoms with van der Waals surface area (Å²) in [5, 5.41) is 15.1. The quantitative estimate of drug-likeness (QED) is 0.712. The second kappa shape index (κ2) is 5.67. The molecule has 0 atom stereocenters. The lowest BCUT2D eigenvalue weighted by Gasteiger charge is -2.25. The first-order valence-corrected chi connectivity index (χ1v) is 8.84. The van der Waals surface area contributed by atoms with Crippen LogP contribution in [0.4, 0.5) is 5.13 Å². The summed E-state index contributed by atoms with van der Waals surface area (Å²) in [6.07, 6.45) is 2.32. The lowest BCUT2D eigenvalue weighted by atomic mass is 10.3. The van der Waals surface area contributed by atoms with Gasteiger partial charge in [0.1, 0.15) is 11.5 Å². The average Bonchev–Trinajstić information content (AvgIpc) is 3.08. The molecule has 0 bridgehead atoms. The van der Waals surface area contributed by atoms with Gasteiger partial charge in [-0.25, -0.2) is 4.98 Å². The third kappa shape index (κ3) is 2.59. The van der Waals surface area contributed by atoms with Crippen molar-refractivity contribution in [3.8, 4) is 23.2 Å². The Hall–Kier alpha value is -2.26. The Labute approximate surface area is 141 Å². The van der Waals surface area contributed by atoms with E-state index >= 15 is 0 Å². The summed E-state index contributed by atoms with van der Waals surface area (Å²) < 4.78 is 16.4. The number of ether oxygens (including phenoxy) is 1. The molecule has 1 aliphatic carbocycles. The summed E-state index contributed by atoms with van der Waals surface area (Å²) in [5.41, 5.74) is 1.27. The van der Waals surface area contributed by atoms with E-state index in [1.54, 1.807) is 11.3 Å². The number of anilines is 1. The van der Waals surface area contributed by atoms with Crippen LogP contribution in [0.2, 0.25) is 0 Å². The molecule has 1 aliphatic heterocycles. The van der Waals surface area contributed by atoms with Gasteiger partial charge in [0.25, 0.3) is 11.8 Å². The summed E-state index contributed by atoms with van der Waals surface area (Å²) >= 11 is 1.57. The van der Waals surface area contributed by atoms with Crippen LogP contribution >= 0.6 is 11.3 Å². The zero-order chi connectivity index (χ0) is 15.9. The van der Waals surface area contributed by atoms with E-state index < -0.39 is 0 Å². The standard InChI is InChI=1S/C15H15N5O3S/c1-2-9(1)12-7-10(19-23-12)13-17-18-14(22-13)11-8-24-15(16-11)20-3-5-21-6-4-20/h7-9H,1-6H2. The molecular weight excluding hydrogens is 330 g/mol. The van der Waals surface area contributed by atoms with Crippen molar-refractivity contribution >= 4 is 16.5 Å². The van der Waals surface area contributed by atoms with Gasteiger partial charge in [-0.15, -0.1) is 21.5 Å². The monoisotopic (exact) mass is 345 g/mol. The van der Waals surface area contributed by atoms with E-state index in [9.17, 15) is 0 Å². The van der Waals surface area contributed by atoms with Crippen LogP contribution in [-0.2, 0) is 4.74 Å². The van der Waals surface area contributed by atoms with Crippen molar-refractivity contribution in [1.82, 2.24) is 20.3 Å². The Morgan fingerprint density at radius 1 is 1.08 bits per heavy atom. The van der Waals surface area contributed by atoms with Gasteiger partial charge >= 0.3 is 0 Å². The Balaban J connectivity index is 1.37. The van der Waals surface area contributed by atoms with Gasteiger partial charge in [0.15, 0.2) is 10.8 Å². The maximum Gasteiger partial charge on any atom is 0.270 e. The fourth-order valence-electron chi connectivity index (χ4n) is 2.64. The molecule has 0 unspecified atom stereocenters. The first-order valence-electron chi connectivity index (χ1n) is 7.96. The van der Waals surface area contributed by atoms with Gasteiger partial charge in [-0.1, -0.05) is 5.16 Å². The lowest BCUT2D eigenvalue weighted by molar-refractivity contribution is 0.122. The van der Waals surface area contributed by atoms with Crippen LogP contribution in [0.5, 0.6) is 0 Å². The molecule has 0 aromatic carbocycles. The molecule has 0 amide bonds.